The molecule has 0 bridgehead atoms. The summed E-state index contributed by atoms with van der Waals surface area (Å²) in [6, 6.07) is -3.98. The van der Waals surface area contributed by atoms with Gasteiger partial charge in [-0.25, -0.2) is 4.39 Å². The van der Waals surface area contributed by atoms with Crippen LogP contribution in [-0.2, 0) is 14.0 Å². The quantitative estimate of drug-likeness (QED) is 0.305. The van der Waals surface area contributed by atoms with Gasteiger partial charge in [-0.1, -0.05) is 0 Å². The van der Waals surface area contributed by atoms with Crippen LogP contribution in [0.5, 0.6) is 0 Å². The molecule has 0 radical (unpaired) electrons. The molecule has 0 aliphatic carbocycles. The Bertz CT molecular complexity index is 651. The van der Waals surface area contributed by atoms with E-state index in [1.807, 2.05) is 4.74 Å². The van der Waals surface area contributed by atoms with Crippen LogP contribution in [0.25, 0.3) is 0 Å². The summed E-state index contributed by atoms with van der Waals surface area (Å²) in [5, 5.41) is 0. The fourth-order valence-electron chi connectivity index (χ4n) is 1.09. The molecule has 0 aromatic carbocycles. The van der Waals surface area contributed by atoms with Gasteiger partial charge in [-0.05, 0) is 0 Å². The molecule has 0 amide bonds. The highest BCUT2D eigenvalue weighted by molar-refractivity contribution is 7.52. The van der Waals surface area contributed by atoms with Gasteiger partial charge in [0.1, 0.15) is 0 Å². The number of hydrogen-bond acceptors (Lipinski definition) is 3. The maximum Gasteiger partial charge on any atom is 0.471 e. The van der Waals surface area contributed by atoms with E-state index in [1.165, 1.54) is 0 Å². The molecule has 0 aromatic heterocycles. The minimum Gasteiger partial charge on any atom is -0.398 e. The summed E-state index contributed by atoms with van der Waals surface area (Å²) in [6.07, 6.45) is -26.3. The van der Waals surface area contributed by atoms with E-state index < -0.39 is 55.8 Å². The number of rotatable bonds is 8. The molecule has 0 saturated carbocycles. The van der Waals surface area contributed by atoms with Crippen molar-refractivity contribution < 1.29 is 85.3 Å². The van der Waals surface area contributed by atoms with Gasteiger partial charge < -0.3 is 14.5 Å². The van der Waals surface area contributed by atoms with Crippen LogP contribution in [-0.4, -0.2) is 45.9 Å². The molecule has 2 unspecified atom stereocenters. The molecule has 2 atom stereocenters. The molecule has 0 saturated heterocycles. The van der Waals surface area contributed by atoms with Crippen molar-refractivity contribution >= 4 is 7.60 Å². The second-order valence-electron chi connectivity index (χ2n) is 4.41. The Labute approximate surface area is 142 Å². The topological polar surface area (TPSA) is 76.0 Å². The normalized spacial score (nSPS) is 17.7. The van der Waals surface area contributed by atoms with E-state index >= 15 is 0 Å². The standard InChI is InChI=1S/C8H3F14O5P/c9-1(10)2(11)26-8(21,22)5(15,6(16,17)18)27-7(19,20)4(13,14)3(12)28(23,24)25/h3H,(H2,23,24,25). The molecule has 0 aliphatic rings. The fraction of sp³-hybridized carbons (Fsp3) is 0.750. The van der Waals surface area contributed by atoms with Crippen LogP contribution in [0.4, 0.5) is 61.5 Å². The van der Waals surface area contributed by atoms with Crippen LogP contribution in [0.3, 0.4) is 0 Å². The molecule has 0 heterocycles. The van der Waals surface area contributed by atoms with Crippen molar-refractivity contribution in [1.29, 1.82) is 0 Å². The zero-order chi connectivity index (χ0) is 23.1. The largest absolute Gasteiger partial charge is 0.471 e. The van der Waals surface area contributed by atoms with Crippen molar-refractivity contribution in [3.63, 3.8) is 0 Å². The lowest BCUT2D eigenvalue weighted by Gasteiger charge is -2.37. The van der Waals surface area contributed by atoms with E-state index in [4.69, 9.17) is 9.79 Å². The molecule has 2 N–H and O–H groups in total. The van der Waals surface area contributed by atoms with Crippen LogP contribution in [0.1, 0.15) is 0 Å². The lowest BCUT2D eigenvalue weighted by Crippen LogP contribution is -2.64. The van der Waals surface area contributed by atoms with E-state index in [0.29, 0.717) is 0 Å². The van der Waals surface area contributed by atoms with Gasteiger partial charge in [0.05, 0.1) is 0 Å². The van der Waals surface area contributed by atoms with Gasteiger partial charge in [0, 0.05) is 0 Å². The SMILES string of the molecule is O=P(O)(O)C(F)C(F)(F)C(F)(F)OC(F)(C(F)(F)F)C(F)(F)OC(F)=C(F)F. The molecule has 0 aromatic rings. The lowest BCUT2D eigenvalue weighted by molar-refractivity contribution is -0.518. The first-order valence-corrected chi connectivity index (χ1v) is 7.30. The van der Waals surface area contributed by atoms with Crippen LogP contribution >= 0.6 is 7.60 Å². The average Bonchev–Trinajstić information content (AvgIpc) is 2.42. The van der Waals surface area contributed by atoms with Gasteiger partial charge in [-0.3, -0.25) is 9.30 Å². The summed E-state index contributed by atoms with van der Waals surface area (Å²) in [7, 11) is -6.92. The van der Waals surface area contributed by atoms with Gasteiger partial charge in [0.2, 0.25) is 0 Å². The Morgan fingerprint density at radius 1 is 0.821 bits per heavy atom. The first kappa shape index (κ1) is 26.7. The summed E-state index contributed by atoms with van der Waals surface area (Å²) in [4.78, 5) is 16.0. The maximum atomic E-state index is 13.5. The van der Waals surface area contributed by atoms with Gasteiger partial charge in [0.15, 0.2) is 0 Å². The van der Waals surface area contributed by atoms with Gasteiger partial charge >= 0.3 is 49.9 Å². The predicted octanol–water partition coefficient (Wildman–Crippen LogP) is 4.58. The second-order valence-corrected chi connectivity index (χ2v) is 6.04. The van der Waals surface area contributed by atoms with Crippen LogP contribution in [0.15, 0.2) is 12.1 Å². The monoisotopic (exact) mass is 476 g/mol. The zero-order valence-corrected chi connectivity index (χ0v) is 12.8. The summed E-state index contributed by atoms with van der Waals surface area (Å²) in [5.74, 6) is -20.1. The Morgan fingerprint density at radius 2 is 1.21 bits per heavy atom. The van der Waals surface area contributed by atoms with Crippen molar-refractivity contribution in [2.75, 3.05) is 0 Å². The molecule has 0 aliphatic heterocycles. The molecular weight excluding hydrogens is 473 g/mol. The van der Waals surface area contributed by atoms with E-state index in [1.54, 1.807) is 4.74 Å². The van der Waals surface area contributed by atoms with Crippen molar-refractivity contribution in [2.24, 2.45) is 0 Å². The van der Waals surface area contributed by atoms with Crippen molar-refractivity contribution in [2.45, 2.75) is 36.1 Å². The summed E-state index contributed by atoms with van der Waals surface area (Å²) < 4.78 is 191. The van der Waals surface area contributed by atoms with E-state index in [2.05, 4.69) is 0 Å². The molecular formula is C8H3F14O5P. The Morgan fingerprint density at radius 3 is 1.50 bits per heavy atom. The molecule has 5 nitrogen and oxygen atoms in total. The third-order valence-corrected chi connectivity index (χ3v) is 3.27. The average molecular weight is 476 g/mol. The molecule has 20 heteroatoms. The number of alkyl halides is 11. The lowest BCUT2D eigenvalue weighted by atomic mass is 10.2. The van der Waals surface area contributed by atoms with E-state index in [9.17, 15) is 66.0 Å². The minimum atomic E-state index is -7.57. The van der Waals surface area contributed by atoms with Crippen LogP contribution in [0.2, 0.25) is 0 Å². The summed E-state index contributed by atoms with van der Waals surface area (Å²) in [5.41, 5.74) is 0. The first-order valence-electron chi connectivity index (χ1n) is 5.62. The van der Waals surface area contributed by atoms with Crippen molar-refractivity contribution in [3.05, 3.63) is 12.1 Å². The smallest absolute Gasteiger partial charge is 0.398 e. The highest BCUT2D eigenvalue weighted by Gasteiger charge is 2.82. The van der Waals surface area contributed by atoms with Crippen molar-refractivity contribution in [3.8, 4) is 0 Å². The minimum absolute atomic E-state index is 1.55. The third-order valence-electron chi connectivity index (χ3n) is 2.36. The van der Waals surface area contributed by atoms with Gasteiger partial charge in [-0.2, -0.15) is 57.1 Å². The Balaban J connectivity index is 6.35. The Kier molecular flexibility index (Phi) is 7.13. The molecule has 0 spiro atoms. The highest BCUT2D eigenvalue weighted by Crippen LogP contribution is 2.58. The Hall–Kier alpha value is -1.33. The highest BCUT2D eigenvalue weighted by atomic mass is 31.2. The maximum absolute atomic E-state index is 13.5. The zero-order valence-electron chi connectivity index (χ0n) is 11.9. The van der Waals surface area contributed by atoms with Crippen molar-refractivity contribution in [1.82, 2.24) is 0 Å². The summed E-state index contributed by atoms with van der Waals surface area (Å²) in [6.45, 7) is 0. The van der Waals surface area contributed by atoms with E-state index in [-0.39, 0.29) is 0 Å². The molecule has 0 rings (SSSR count). The molecule has 168 valence electrons. The number of ether oxygens (including phenoxy) is 2. The van der Waals surface area contributed by atoms with E-state index in [0.717, 1.165) is 0 Å². The molecule has 0 fully saturated rings. The fourth-order valence-corrected chi connectivity index (χ4v) is 1.67. The van der Waals surface area contributed by atoms with Gasteiger partial charge in [-0.15, -0.1) is 0 Å². The predicted molar refractivity (Wildman–Crippen MR) is 54.2 cm³/mol. The molecule has 28 heavy (non-hydrogen) atoms. The van der Waals surface area contributed by atoms with Crippen LogP contribution < -0.4 is 0 Å². The first-order chi connectivity index (χ1) is 11.9. The summed E-state index contributed by atoms with van der Waals surface area (Å²) >= 11 is 0. The number of halogens is 14. The van der Waals surface area contributed by atoms with Crippen LogP contribution in [0, 0.1) is 0 Å². The van der Waals surface area contributed by atoms with Gasteiger partial charge in [0.25, 0.3) is 5.91 Å². The second kappa shape index (κ2) is 7.49. The number of hydrogen-bond donors (Lipinski definition) is 2. The third kappa shape index (κ3) is 4.98.